The first-order chi connectivity index (χ1) is 16.5. The van der Waals surface area contributed by atoms with Gasteiger partial charge in [0.2, 0.25) is 0 Å². The predicted molar refractivity (Wildman–Crippen MR) is 121 cm³/mol. The molecule has 2 aromatic rings. The Bertz CT molecular complexity index is 1220. The summed E-state index contributed by atoms with van der Waals surface area (Å²) in [6, 6.07) is 4.01. The van der Waals surface area contributed by atoms with Crippen molar-refractivity contribution in [2.75, 3.05) is 0 Å². The van der Waals surface area contributed by atoms with Gasteiger partial charge >= 0.3 is 18.0 Å². The lowest BCUT2D eigenvalue weighted by molar-refractivity contribution is -0.348. The van der Waals surface area contributed by atoms with Crippen LogP contribution in [0.4, 0.5) is 30.7 Å². The minimum atomic E-state index is -6.39. The molecule has 0 heterocycles. The van der Waals surface area contributed by atoms with Gasteiger partial charge in [-0.2, -0.15) is 26.3 Å². The van der Waals surface area contributed by atoms with E-state index >= 15 is 0 Å². The van der Waals surface area contributed by atoms with Gasteiger partial charge in [0.05, 0.1) is 31.9 Å². The molecule has 0 aliphatic heterocycles. The van der Waals surface area contributed by atoms with Crippen molar-refractivity contribution in [3.05, 3.63) is 73.7 Å². The number of amides is 1. The summed E-state index contributed by atoms with van der Waals surface area (Å²) < 4.78 is 92.7. The number of benzene rings is 2. The van der Waals surface area contributed by atoms with Crippen LogP contribution in [0.25, 0.3) is 5.76 Å². The van der Waals surface area contributed by atoms with Crippen LogP contribution in [-0.2, 0) is 5.67 Å². The second-order valence-electron chi connectivity index (χ2n) is 7.85. The fraction of sp³-hybridized carbons (Fsp3) is 0.273. The fourth-order valence-electron chi connectivity index (χ4n) is 3.15. The SMILES string of the molecule is N=C(/C=C(\O)c1c(Cl)cc(C(F)(C(F)(F)F)C(F)(F)F)cc1Cl)c1ccc(Cl)c(C(=O)NC2CC2)c1. The second-order valence-corrected chi connectivity index (χ2v) is 9.08. The molecule has 3 rings (SSSR count). The van der Waals surface area contributed by atoms with Crippen LogP contribution >= 0.6 is 34.8 Å². The third-order valence-corrected chi connectivity index (χ3v) is 6.12. The molecular weight excluding hydrogens is 564 g/mol. The first kappa shape index (κ1) is 28.1. The summed E-state index contributed by atoms with van der Waals surface area (Å²) >= 11 is 17.6. The number of alkyl halides is 7. The van der Waals surface area contributed by atoms with Crippen LogP contribution in [0.15, 0.2) is 36.4 Å². The monoisotopic (exact) mass is 576 g/mol. The molecule has 0 radical (unpaired) electrons. The average Bonchev–Trinajstić information content (AvgIpc) is 3.54. The summed E-state index contributed by atoms with van der Waals surface area (Å²) in [6.45, 7) is 0. The number of aliphatic hydroxyl groups is 1. The van der Waals surface area contributed by atoms with Gasteiger partial charge in [0.25, 0.3) is 5.91 Å². The van der Waals surface area contributed by atoms with E-state index in [2.05, 4.69) is 5.32 Å². The third kappa shape index (κ3) is 5.42. The highest BCUT2D eigenvalue weighted by atomic mass is 35.5. The van der Waals surface area contributed by atoms with Gasteiger partial charge in [-0.3, -0.25) is 4.79 Å². The van der Waals surface area contributed by atoms with Crippen molar-refractivity contribution in [2.24, 2.45) is 0 Å². The van der Waals surface area contributed by atoms with Crippen molar-refractivity contribution >= 4 is 52.2 Å². The maximum Gasteiger partial charge on any atom is 0.435 e. The average molecular weight is 578 g/mol. The lowest BCUT2D eigenvalue weighted by Crippen LogP contribution is -2.50. The number of nitrogens with one attached hydrogen (secondary N) is 2. The third-order valence-electron chi connectivity index (χ3n) is 5.19. The first-order valence-corrected chi connectivity index (χ1v) is 11.0. The summed E-state index contributed by atoms with van der Waals surface area (Å²) in [4.78, 5) is 12.3. The van der Waals surface area contributed by atoms with Crippen LogP contribution in [0.3, 0.4) is 0 Å². The summed E-state index contributed by atoms with van der Waals surface area (Å²) in [5.74, 6) is -1.40. The highest BCUT2D eigenvalue weighted by Crippen LogP contribution is 2.54. The molecule has 0 saturated heterocycles. The van der Waals surface area contributed by atoms with Gasteiger partial charge in [-0.1, -0.05) is 40.9 Å². The minimum Gasteiger partial charge on any atom is -0.507 e. The minimum absolute atomic E-state index is 0.0191. The standard InChI is InChI=1S/C22H14Cl3F7N2O2/c23-13-4-1-9(5-12(13)19(36)34-11-2-3-11)16(33)8-17(35)18-14(24)6-10(7-15(18)25)20(26,21(27,28)29)22(30,31)32/h1,4-8,11,33,35H,2-3H2,(H,34,36)/b17-8-,33-16?. The van der Waals surface area contributed by atoms with Crippen molar-refractivity contribution < 1.29 is 40.6 Å². The molecule has 1 saturated carbocycles. The predicted octanol–water partition coefficient (Wildman–Crippen LogP) is 7.80. The van der Waals surface area contributed by atoms with Crippen LogP contribution in [0.2, 0.25) is 15.1 Å². The molecule has 1 fully saturated rings. The molecule has 0 unspecified atom stereocenters. The van der Waals surface area contributed by atoms with Gasteiger partial charge in [0.1, 0.15) is 5.76 Å². The molecule has 1 aliphatic rings. The lowest BCUT2D eigenvalue weighted by atomic mass is 9.92. The number of allylic oxidation sites excluding steroid dienone is 1. The molecule has 194 valence electrons. The van der Waals surface area contributed by atoms with Gasteiger partial charge < -0.3 is 15.8 Å². The number of halogens is 10. The number of hydrogen-bond acceptors (Lipinski definition) is 3. The first-order valence-electron chi connectivity index (χ1n) is 9.89. The normalized spacial score (nSPS) is 15.1. The molecular formula is C22H14Cl3F7N2O2. The zero-order chi connectivity index (χ0) is 27.2. The van der Waals surface area contributed by atoms with Crippen LogP contribution in [0.5, 0.6) is 0 Å². The molecule has 0 aromatic heterocycles. The van der Waals surface area contributed by atoms with Gasteiger partial charge in [0.15, 0.2) is 0 Å². The number of carbonyl (C=O) groups excluding carboxylic acids is 1. The Kier molecular flexibility index (Phi) is 7.61. The van der Waals surface area contributed by atoms with Crippen molar-refractivity contribution in [1.29, 1.82) is 5.41 Å². The second kappa shape index (κ2) is 9.75. The molecule has 36 heavy (non-hydrogen) atoms. The summed E-state index contributed by atoms with van der Waals surface area (Å²) in [5, 5.41) is 19.5. The zero-order valence-corrected chi connectivity index (χ0v) is 19.9. The Morgan fingerprint density at radius 1 is 0.944 bits per heavy atom. The van der Waals surface area contributed by atoms with E-state index in [0.29, 0.717) is 0 Å². The maximum absolute atomic E-state index is 14.4. The molecule has 1 amide bonds. The van der Waals surface area contributed by atoms with E-state index in [1.54, 1.807) is 0 Å². The highest BCUT2D eigenvalue weighted by molar-refractivity contribution is 6.38. The van der Waals surface area contributed by atoms with E-state index in [1.807, 2.05) is 0 Å². The number of aliphatic hydroxyl groups excluding tert-OH is 1. The number of hydrogen-bond donors (Lipinski definition) is 3. The quantitative estimate of drug-likeness (QED) is 0.186. The van der Waals surface area contributed by atoms with Gasteiger partial charge in [-0.05, 0) is 37.1 Å². The van der Waals surface area contributed by atoms with E-state index in [1.165, 1.54) is 18.2 Å². The summed E-state index contributed by atoms with van der Waals surface area (Å²) in [7, 11) is 0. The Balaban J connectivity index is 1.97. The molecule has 0 spiro atoms. The van der Waals surface area contributed by atoms with Crippen molar-refractivity contribution in [3.63, 3.8) is 0 Å². The molecule has 4 nitrogen and oxygen atoms in total. The van der Waals surface area contributed by atoms with Crippen molar-refractivity contribution in [2.45, 2.75) is 36.9 Å². The topological polar surface area (TPSA) is 73.2 Å². The summed E-state index contributed by atoms with van der Waals surface area (Å²) in [6.07, 6.45) is -10.4. The molecule has 14 heteroatoms. The van der Waals surface area contributed by atoms with Gasteiger partial charge in [-0.15, -0.1) is 0 Å². The highest BCUT2D eigenvalue weighted by Gasteiger charge is 2.73. The summed E-state index contributed by atoms with van der Waals surface area (Å²) in [5.41, 5.74) is -8.68. The van der Waals surface area contributed by atoms with E-state index in [4.69, 9.17) is 40.2 Å². The Hall–Kier alpha value is -2.50. The van der Waals surface area contributed by atoms with E-state index in [9.17, 15) is 40.6 Å². The molecule has 3 N–H and O–H groups in total. The van der Waals surface area contributed by atoms with E-state index in [-0.39, 0.29) is 34.3 Å². The molecule has 2 aromatic carbocycles. The number of rotatable bonds is 6. The van der Waals surface area contributed by atoms with Crippen molar-refractivity contribution in [3.8, 4) is 0 Å². The van der Waals surface area contributed by atoms with Gasteiger partial charge in [-0.25, -0.2) is 4.39 Å². The Labute approximate surface area is 214 Å². The smallest absolute Gasteiger partial charge is 0.435 e. The zero-order valence-electron chi connectivity index (χ0n) is 17.6. The fourth-order valence-corrected chi connectivity index (χ4v) is 4.04. The van der Waals surface area contributed by atoms with Gasteiger partial charge in [0, 0.05) is 23.2 Å². The maximum atomic E-state index is 14.4. The van der Waals surface area contributed by atoms with E-state index in [0.717, 1.165) is 18.9 Å². The molecule has 1 aliphatic carbocycles. The van der Waals surface area contributed by atoms with Crippen LogP contribution in [0.1, 0.15) is 39.9 Å². The van der Waals surface area contributed by atoms with Crippen LogP contribution < -0.4 is 5.32 Å². The van der Waals surface area contributed by atoms with Crippen LogP contribution in [-0.4, -0.2) is 35.1 Å². The number of carbonyl (C=O) groups is 1. The molecule has 0 bridgehead atoms. The Morgan fingerprint density at radius 2 is 1.47 bits per heavy atom. The van der Waals surface area contributed by atoms with E-state index < -0.39 is 56.6 Å². The largest absolute Gasteiger partial charge is 0.507 e. The van der Waals surface area contributed by atoms with Crippen LogP contribution in [0, 0.1) is 5.41 Å². The van der Waals surface area contributed by atoms with Crippen molar-refractivity contribution in [1.82, 2.24) is 5.32 Å². The Morgan fingerprint density at radius 3 is 1.94 bits per heavy atom. The lowest BCUT2D eigenvalue weighted by Gasteiger charge is -2.30. The molecule has 0 atom stereocenters.